The van der Waals surface area contributed by atoms with Crippen LogP contribution in [0, 0.1) is 6.92 Å². The fraction of sp³-hybridized carbons (Fsp3) is 0.417. The summed E-state index contributed by atoms with van der Waals surface area (Å²) in [5.74, 6) is -0.697. The first kappa shape index (κ1) is 25.5. The van der Waals surface area contributed by atoms with Crippen LogP contribution in [-0.2, 0) is 26.2 Å². The van der Waals surface area contributed by atoms with Crippen molar-refractivity contribution >= 4 is 21.8 Å². The van der Waals surface area contributed by atoms with Crippen LogP contribution in [0.15, 0.2) is 59.5 Å². The van der Waals surface area contributed by atoms with Gasteiger partial charge in [-0.1, -0.05) is 61.4 Å². The average Bonchev–Trinajstić information content (AvgIpc) is 2.78. The molecule has 0 radical (unpaired) electrons. The topological polar surface area (TPSA) is 86.8 Å². The Bertz CT molecular complexity index is 992. The van der Waals surface area contributed by atoms with Crippen molar-refractivity contribution < 1.29 is 18.0 Å². The van der Waals surface area contributed by atoms with Crippen LogP contribution in [0.3, 0.4) is 0 Å². The van der Waals surface area contributed by atoms with Gasteiger partial charge >= 0.3 is 0 Å². The van der Waals surface area contributed by atoms with Gasteiger partial charge in [-0.05, 0) is 38.0 Å². The van der Waals surface area contributed by atoms with Crippen molar-refractivity contribution in [2.75, 3.05) is 20.1 Å². The number of nitrogens with zero attached hydrogens (tertiary/aromatic N) is 2. The van der Waals surface area contributed by atoms with Gasteiger partial charge in [0.05, 0.1) is 11.4 Å². The summed E-state index contributed by atoms with van der Waals surface area (Å²) in [6.07, 6.45) is 1.80. The third-order valence-electron chi connectivity index (χ3n) is 5.28. The van der Waals surface area contributed by atoms with Gasteiger partial charge in [0, 0.05) is 20.1 Å². The normalized spacial score (nSPS) is 12.4. The average molecular weight is 460 g/mol. The summed E-state index contributed by atoms with van der Waals surface area (Å²) in [6, 6.07) is 15.1. The van der Waals surface area contributed by atoms with E-state index in [9.17, 15) is 18.0 Å². The number of carbonyl (C=O) groups is 2. The minimum absolute atomic E-state index is 0.123. The smallest absolute Gasteiger partial charge is 0.243 e. The van der Waals surface area contributed by atoms with Crippen molar-refractivity contribution in [2.45, 2.75) is 51.1 Å². The molecule has 0 saturated heterocycles. The number of nitrogens with one attached hydrogen (secondary N) is 1. The Morgan fingerprint density at radius 2 is 1.66 bits per heavy atom. The highest BCUT2D eigenvalue weighted by molar-refractivity contribution is 7.89. The van der Waals surface area contributed by atoms with E-state index < -0.39 is 22.0 Å². The van der Waals surface area contributed by atoms with E-state index in [1.165, 1.54) is 24.1 Å². The van der Waals surface area contributed by atoms with E-state index in [2.05, 4.69) is 5.32 Å². The lowest BCUT2D eigenvalue weighted by atomic mass is 10.1. The van der Waals surface area contributed by atoms with Gasteiger partial charge in [-0.25, -0.2) is 8.42 Å². The first-order valence-corrected chi connectivity index (χ1v) is 12.2. The molecule has 174 valence electrons. The molecule has 0 aromatic heterocycles. The monoisotopic (exact) mass is 459 g/mol. The highest BCUT2D eigenvalue weighted by atomic mass is 32.2. The fourth-order valence-corrected chi connectivity index (χ4v) is 4.28. The molecule has 0 fully saturated rings. The van der Waals surface area contributed by atoms with Crippen LogP contribution >= 0.6 is 0 Å². The summed E-state index contributed by atoms with van der Waals surface area (Å²) >= 11 is 0. The predicted molar refractivity (Wildman–Crippen MR) is 125 cm³/mol. The van der Waals surface area contributed by atoms with Gasteiger partial charge in [-0.3, -0.25) is 9.59 Å². The van der Waals surface area contributed by atoms with Crippen molar-refractivity contribution in [1.82, 2.24) is 14.5 Å². The van der Waals surface area contributed by atoms with E-state index in [0.29, 0.717) is 6.54 Å². The molecule has 2 rings (SSSR count). The van der Waals surface area contributed by atoms with Gasteiger partial charge in [0.25, 0.3) is 0 Å². The molecule has 0 aliphatic heterocycles. The van der Waals surface area contributed by atoms with Crippen molar-refractivity contribution in [2.24, 2.45) is 0 Å². The number of hydrogen-bond donors (Lipinski definition) is 1. The summed E-state index contributed by atoms with van der Waals surface area (Å²) < 4.78 is 26.9. The van der Waals surface area contributed by atoms with Crippen LogP contribution in [0.1, 0.15) is 37.8 Å². The van der Waals surface area contributed by atoms with E-state index in [1.807, 2.05) is 44.2 Å². The molecule has 0 spiro atoms. The molecule has 32 heavy (non-hydrogen) atoms. The van der Waals surface area contributed by atoms with Gasteiger partial charge in [-0.15, -0.1) is 0 Å². The molecule has 0 saturated carbocycles. The number of likely N-dealkylation sites (N-methyl/N-ethyl adjacent to an activating group) is 1. The number of rotatable bonds is 11. The number of carbonyl (C=O) groups excluding carboxylic acids is 2. The number of unbranched alkanes of at least 4 members (excludes halogenated alkanes) is 1. The summed E-state index contributed by atoms with van der Waals surface area (Å²) in [4.78, 5) is 27.4. The lowest BCUT2D eigenvalue weighted by molar-refractivity contribution is -0.140. The zero-order valence-electron chi connectivity index (χ0n) is 19.2. The molecule has 0 aliphatic carbocycles. The van der Waals surface area contributed by atoms with Crippen LogP contribution in [0.5, 0.6) is 0 Å². The van der Waals surface area contributed by atoms with E-state index in [4.69, 9.17) is 0 Å². The fourth-order valence-electron chi connectivity index (χ4n) is 3.16. The second-order valence-corrected chi connectivity index (χ2v) is 9.95. The molecule has 2 aromatic carbocycles. The van der Waals surface area contributed by atoms with Crippen LogP contribution in [0.25, 0.3) is 0 Å². The second kappa shape index (κ2) is 11.8. The summed E-state index contributed by atoms with van der Waals surface area (Å²) in [5, 5.41) is 2.85. The molecular weight excluding hydrogens is 426 g/mol. The van der Waals surface area contributed by atoms with Gasteiger partial charge in [0.15, 0.2) is 0 Å². The summed E-state index contributed by atoms with van der Waals surface area (Å²) in [7, 11) is -2.46. The molecule has 0 bridgehead atoms. The quantitative estimate of drug-likeness (QED) is 0.524. The number of amides is 2. The number of benzene rings is 2. The first-order valence-electron chi connectivity index (χ1n) is 10.8. The zero-order valence-corrected chi connectivity index (χ0v) is 20.1. The Balaban J connectivity index is 2.20. The standard InChI is InChI=1S/C24H33N3O4S/c1-5-6-16-25-24(29)20(3)27(17-21-10-8-7-9-11-21)23(28)18-26(4)32(30,31)22-14-12-19(2)13-15-22/h7-15,20H,5-6,16-18H2,1-4H3,(H,25,29)/t20-/m1/s1. The van der Waals surface area contributed by atoms with Crippen molar-refractivity contribution in [3.8, 4) is 0 Å². The molecule has 2 aromatic rings. The molecule has 1 N–H and O–H groups in total. The molecular formula is C24H33N3O4S. The maximum atomic E-state index is 13.2. The highest BCUT2D eigenvalue weighted by Gasteiger charge is 2.30. The van der Waals surface area contributed by atoms with Crippen molar-refractivity contribution in [1.29, 1.82) is 0 Å². The lowest BCUT2D eigenvalue weighted by Gasteiger charge is -2.30. The van der Waals surface area contributed by atoms with Gasteiger partial charge in [-0.2, -0.15) is 4.31 Å². The van der Waals surface area contributed by atoms with Gasteiger partial charge in [0.1, 0.15) is 6.04 Å². The van der Waals surface area contributed by atoms with Gasteiger partial charge < -0.3 is 10.2 Å². The van der Waals surface area contributed by atoms with Crippen LogP contribution in [-0.4, -0.2) is 55.6 Å². The van der Waals surface area contributed by atoms with E-state index in [0.717, 1.165) is 28.3 Å². The predicted octanol–water partition coefficient (Wildman–Crippen LogP) is 2.95. The Morgan fingerprint density at radius 1 is 1.03 bits per heavy atom. The van der Waals surface area contributed by atoms with Crippen molar-refractivity contribution in [3.05, 3.63) is 65.7 Å². The maximum absolute atomic E-state index is 13.2. The Hall–Kier alpha value is -2.71. The molecule has 1 atom stereocenters. The Labute approximate surface area is 191 Å². The minimum Gasteiger partial charge on any atom is -0.354 e. The van der Waals surface area contributed by atoms with Gasteiger partial charge in [0.2, 0.25) is 21.8 Å². The van der Waals surface area contributed by atoms with E-state index in [-0.39, 0.29) is 23.9 Å². The van der Waals surface area contributed by atoms with E-state index >= 15 is 0 Å². The molecule has 0 aliphatic rings. The number of sulfonamides is 1. The number of aryl methyl sites for hydroxylation is 1. The van der Waals surface area contributed by atoms with Crippen molar-refractivity contribution in [3.63, 3.8) is 0 Å². The molecule has 0 unspecified atom stereocenters. The summed E-state index contributed by atoms with van der Waals surface area (Å²) in [6.45, 7) is 5.95. The molecule has 8 heteroatoms. The number of hydrogen-bond acceptors (Lipinski definition) is 4. The second-order valence-electron chi connectivity index (χ2n) is 7.90. The summed E-state index contributed by atoms with van der Waals surface area (Å²) in [5.41, 5.74) is 1.80. The van der Waals surface area contributed by atoms with Crippen LogP contribution in [0.2, 0.25) is 0 Å². The molecule has 0 heterocycles. The van der Waals surface area contributed by atoms with Crippen LogP contribution < -0.4 is 5.32 Å². The first-order chi connectivity index (χ1) is 15.2. The maximum Gasteiger partial charge on any atom is 0.243 e. The van der Waals surface area contributed by atoms with Crippen LogP contribution in [0.4, 0.5) is 0 Å². The minimum atomic E-state index is -3.84. The third kappa shape index (κ3) is 6.90. The Morgan fingerprint density at radius 3 is 2.25 bits per heavy atom. The van der Waals surface area contributed by atoms with E-state index in [1.54, 1.807) is 19.1 Å². The largest absolute Gasteiger partial charge is 0.354 e. The molecule has 7 nitrogen and oxygen atoms in total. The third-order valence-corrected chi connectivity index (χ3v) is 7.10. The zero-order chi connectivity index (χ0) is 23.7. The SMILES string of the molecule is CCCCNC(=O)[C@@H](C)N(Cc1ccccc1)C(=O)CN(C)S(=O)(=O)c1ccc(C)cc1. The lowest BCUT2D eigenvalue weighted by Crippen LogP contribution is -2.50. The Kier molecular flexibility index (Phi) is 9.41. The molecule has 2 amide bonds. The highest BCUT2D eigenvalue weighted by Crippen LogP contribution is 2.16.